The van der Waals surface area contributed by atoms with E-state index in [1.165, 1.54) is 0 Å². The minimum atomic E-state index is 0.275. The maximum absolute atomic E-state index is 6.06. The Morgan fingerprint density at radius 2 is 1.35 bits per heavy atom. The summed E-state index contributed by atoms with van der Waals surface area (Å²) < 4.78 is 0.595. The van der Waals surface area contributed by atoms with E-state index >= 15 is 0 Å². The number of hydrogen-bond donors (Lipinski definition) is 0. The van der Waals surface area contributed by atoms with E-state index in [9.17, 15) is 0 Å². The molecule has 0 aliphatic carbocycles. The van der Waals surface area contributed by atoms with Crippen molar-refractivity contribution in [3.8, 4) is 11.4 Å². The molecule has 17 heavy (non-hydrogen) atoms. The summed E-state index contributed by atoms with van der Waals surface area (Å²) in [6.45, 7) is 0. The van der Waals surface area contributed by atoms with Crippen molar-refractivity contribution in [1.29, 1.82) is 0 Å². The molecule has 1 aromatic carbocycles. The molecule has 2 rings (SSSR count). The highest BCUT2D eigenvalue weighted by molar-refractivity contribution is 14.1. The normalized spacial score (nSPS) is 10.6. The lowest BCUT2D eigenvalue weighted by atomic mass is 10.2. The van der Waals surface area contributed by atoms with Crippen LogP contribution in [0.5, 0.6) is 0 Å². The first-order valence-electron chi connectivity index (χ1n) is 4.33. The lowest BCUT2D eigenvalue weighted by Crippen LogP contribution is -1.95. The van der Waals surface area contributed by atoms with Crippen molar-refractivity contribution in [1.82, 2.24) is 9.97 Å². The number of halogens is 5. The smallest absolute Gasteiger partial charge is 0.165 e. The average molecular weight is 420 g/mol. The summed E-state index contributed by atoms with van der Waals surface area (Å²) >= 11 is 26.0. The lowest BCUT2D eigenvalue weighted by molar-refractivity contribution is 1.16. The quantitative estimate of drug-likeness (QED) is 0.459. The second-order valence-corrected chi connectivity index (χ2v) is 5.65. The molecule has 0 spiro atoms. The van der Waals surface area contributed by atoms with Crippen molar-refractivity contribution < 1.29 is 0 Å². The molecule has 0 fully saturated rings. The molecule has 2 aromatic rings. The molecule has 0 bridgehead atoms. The fourth-order valence-electron chi connectivity index (χ4n) is 1.22. The number of aromatic nitrogens is 2. The van der Waals surface area contributed by atoms with Crippen molar-refractivity contribution >= 4 is 69.0 Å². The summed E-state index contributed by atoms with van der Waals surface area (Å²) in [7, 11) is 0. The van der Waals surface area contributed by atoms with Gasteiger partial charge in [0.05, 0.1) is 19.2 Å². The second kappa shape index (κ2) is 5.45. The lowest BCUT2D eigenvalue weighted by Gasteiger charge is -2.07. The van der Waals surface area contributed by atoms with Gasteiger partial charge in [0.15, 0.2) is 5.82 Å². The molecule has 7 heteroatoms. The van der Waals surface area contributed by atoms with Crippen molar-refractivity contribution in [3.05, 3.63) is 42.1 Å². The van der Waals surface area contributed by atoms with Crippen molar-refractivity contribution in [3.63, 3.8) is 0 Å². The minimum absolute atomic E-state index is 0.275. The highest BCUT2D eigenvalue weighted by atomic mass is 127. The molecule has 1 aromatic heterocycles. The van der Waals surface area contributed by atoms with Gasteiger partial charge in [0.1, 0.15) is 10.3 Å². The zero-order valence-electron chi connectivity index (χ0n) is 8.02. The van der Waals surface area contributed by atoms with Gasteiger partial charge < -0.3 is 0 Å². The Labute approximate surface area is 131 Å². The van der Waals surface area contributed by atoms with E-state index in [-0.39, 0.29) is 10.3 Å². The predicted molar refractivity (Wildman–Crippen MR) is 80.2 cm³/mol. The molecular weight excluding hydrogens is 417 g/mol. The summed E-state index contributed by atoms with van der Waals surface area (Å²) in [6, 6.07) is 5.14. The van der Waals surface area contributed by atoms with Crippen LogP contribution in [-0.4, -0.2) is 9.97 Å². The zero-order valence-corrected chi connectivity index (χ0v) is 13.2. The maximum atomic E-state index is 6.06. The predicted octanol–water partition coefficient (Wildman–Crippen LogP) is 5.36. The molecule has 0 amide bonds. The van der Waals surface area contributed by atoms with Gasteiger partial charge in [-0.3, -0.25) is 0 Å². The van der Waals surface area contributed by atoms with E-state index in [1.54, 1.807) is 18.2 Å². The van der Waals surface area contributed by atoms with Crippen LogP contribution < -0.4 is 0 Å². The summed E-state index contributed by atoms with van der Waals surface area (Å²) in [6.07, 6.45) is 0. The van der Waals surface area contributed by atoms with Crippen LogP contribution in [0.4, 0.5) is 0 Å². The van der Waals surface area contributed by atoms with Gasteiger partial charge in [-0.25, -0.2) is 9.97 Å². The third-order valence-electron chi connectivity index (χ3n) is 1.96. The first kappa shape index (κ1) is 13.6. The van der Waals surface area contributed by atoms with Crippen LogP contribution >= 0.6 is 69.0 Å². The summed E-state index contributed by atoms with van der Waals surface area (Å²) in [5, 5.41) is 1.45. The van der Waals surface area contributed by atoms with Crippen LogP contribution in [-0.2, 0) is 0 Å². The standard InChI is InChI=1S/C10H3Cl4IN2/c11-4-2-1-3-5(12)6(4)10-16-8(13)7(15)9(14)17-10/h1-3H. The fraction of sp³-hybridized carbons (Fsp3) is 0. The van der Waals surface area contributed by atoms with Gasteiger partial charge in [0.25, 0.3) is 0 Å². The Hall–Kier alpha value is 0.190. The molecule has 2 nitrogen and oxygen atoms in total. The molecule has 0 unspecified atom stereocenters. The Morgan fingerprint density at radius 1 is 0.882 bits per heavy atom. The van der Waals surface area contributed by atoms with Crippen LogP contribution in [0.1, 0.15) is 0 Å². The summed E-state index contributed by atoms with van der Waals surface area (Å²) in [4.78, 5) is 8.24. The number of hydrogen-bond acceptors (Lipinski definition) is 2. The summed E-state index contributed by atoms with van der Waals surface area (Å²) in [5.41, 5.74) is 0.524. The number of benzene rings is 1. The molecule has 0 aliphatic heterocycles. The van der Waals surface area contributed by atoms with Crippen molar-refractivity contribution in [2.75, 3.05) is 0 Å². The first-order chi connectivity index (χ1) is 8.00. The molecular formula is C10H3Cl4IN2. The van der Waals surface area contributed by atoms with E-state index in [4.69, 9.17) is 46.4 Å². The molecule has 0 atom stereocenters. The topological polar surface area (TPSA) is 25.8 Å². The van der Waals surface area contributed by atoms with Crippen molar-refractivity contribution in [2.45, 2.75) is 0 Å². The minimum Gasteiger partial charge on any atom is -0.215 e. The Morgan fingerprint density at radius 3 is 1.82 bits per heavy atom. The highest BCUT2D eigenvalue weighted by Crippen LogP contribution is 2.34. The maximum Gasteiger partial charge on any atom is 0.165 e. The van der Waals surface area contributed by atoms with Crippen LogP contribution in [0.25, 0.3) is 11.4 Å². The van der Waals surface area contributed by atoms with Gasteiger partial charge in [0.2, 0.25) is 0 Å². The SMILES string of the molecule is Clc1cccc(Cl)c1-c1nc(Cl)c(I)c(Cl)n1. The number of nitrogens with zero attached hydrogens (tertiary/aromatic N) is 2. The van der Waals surface area contributed by atoms with Crippen LogP contribution in [0.2, 0.25) is 20.4 Å². The largest absolute Gasteiger partial charge is 0.215 e. The van der Waals surface area contributed by atoms with Crippen molar-refractivity contribution in [2.24, 2.45) is 0 Å². The third-order valence-corrected chi connectivity index (χ3v) is 4.79. The molecule has 0 saturated heterocycles. The van der Waals surface area contributed by atoms with Gasteiger partial charge in [-0.1, -0.05) is 52.5 Å². The zero-order chi connectivity index (χ0) is 12.6. The highest BCUT2D eigenvalue weighted by Gasteiger charge is 2.15. The van der Waals surface area contributed by atoms with Gasteiger partial charge >= 0.3 is 0 Å². The van der Waals surface area contributed by atoms with E-state index in [1.807, 2.05) is 22.6 Å². The van der Waals surface area contributed by atoms with E-state index in [0.717, 1.165) is 0 Å². The summed E-state index contributed by atoms with van der Waals surface area (Å²) in [5.74, 6) is 0.316. The van der Waals surface area contributed by atoms with Crippen LogP contribution in [0, 0.1) is 3.57 Å². The monoisotopic (exact) mass is 418 g/mol. The number of rotatable bonds is 1. The molecule has 0 radical (unpaired) electrons. The molecule has 0 saturated carbocycles. The molecule has 0 aliphatic rings. The van der Waals surface area contributed by atoms with Gasteiger partial charge in [0, 0.05) is 0 Å². The van der Waals surface area contributed by atoms with Gasteiger partial charge in [-0.2, -0.15) is 0 Å². The third kappa shape index (κ3) is 2.79. The Balaban J connectivity index is 2.69. The van der Waals surface area contributed by atoms with E-state index in [0.29, 0.717) is 25.0 Å². The van der Waals surface area contributed by atoms with Gasteiger partial charge in [-0.15, -0.1) is 0 Å². The molecule has 0 N–H and O–H groups in total. The molecule has 88 valence electrons. The van der Waals surface area contributed by atoms with Gasteiger partial charge in [-0.05, 0) is 34.7 Å². The first-order valence-corrected chi connectivity index (χ1v) is 6.92. The Kier molecular flexibility index (Phi) is 4.36. The fourth-order valence-corrected chi connectivity index (χ4v) is 2.41. The van der Waals surface area contributed by atoms with Crippen LogP contribution in [0.3, 0.4) is 0 Å². The molecule has 1 heterocycles. The Bertz CT molecular complexity index is 545. The van der Waals surface area contributed by atoms with Crippen LogP contribution in [0.15, 0.2) is 18.2 Å². The van der Waals surface area contributed by atoms with E-state index in [2.05, 4.69) is 9.97 Å². The second-order valence-electron chi connectivity index (χ2n) is 3.04. The van der Waals surface area contributed by atoms with E-state index < -0.39 is 0 Å². The average Bonchev–Trinajstić information content (AvgIpc) is 2.25.